The van der Waals surface area contributed by atoms with Crippen LogP contribution >= 0.6 is 0 Å². The number of ether oxygens (including phenoxy) is 1. The molecule has 28 heavy (non-hydrogen) atoms. The molecule has 2 aromatic carbocycles. The molecule has 0 atom stereocenters. The number of sulfonamides is 1. The van der Waals surface area contributed by atoms with Gasteiger partial charge < -0.3 is 4.74 Å². The molecule has 5 nitrogen and oxygen atoms in total. The SMILES string of the molecule is COc1ccc(S(=O)(=O)NCc2ccc(CN3CCCC3)cc2)cc1C(C)C. The zero-order chi connectivity index (χ0) is 20.1. The van der Waals surface area contributed by atoms with Crippen LogP contribution in [0.1, 0.15) is 49.3 Å². The maximum atomic E-state index is 12.7. The molecule has 152 valence electrons. The van der Waals surface area contributed by atoms with Gasteiger partial charge in [0, 0.05) is 13.1 Å². The maximum absolute atomic E-state index is 12.7. The van der Waals surface area contributed by atoms with E-state index in [1.54, 1.807) is 25.3 Å². The van der Waals surface area contributed by atoms with Crippen LogP contribution in [-0.4, -0.2) is 33.5 Å². The summed E-state index contributed by atoms with van der Waals surface area (Å²) in [7, 11) is -1.98. The highest BCUT2D eigenvalue weighted by molar-refractivity contribution is 7.89. The Morgan fingerprint density at radius 1 is 1.04 bits per heavy atom. The van der Waals surface area contributed by atoms with Crippen molar-refractivity contribution in [1.29, 1.82) is 0 Å². The van der Waals surface area contributed by atoms with E-state index in [1.807, 2.05) is 26.0 Å². The lowest BCUT2D eigenvalue weighted by molar-refractivity contribution is 0.331. The molecule has 0 bridgehead atoms. The smallest absolute Gasteiger partial charge is 0.240 e. The second-order valence-electron chi connectivity index (χ2n) is 7.68. The van der Waals surface area contributed by atoms with Crippen molar-refractivity contribution in [3.05, 3.63) is 59.2 Å². The summed E-state index contributed by atoms with van der Waals surface area (Å²) in [5.41, 5.74) is 3.10. The Balaban J connectivity index is 1.65. The van der Waals surface area contributed by atoms with Gasteiger partial charge >= 0.3 is 0 Å². The van der Waals surface area contributed by atoms with Crippen molar-refractivity contribution in [1.82, 2.24) is 9.62 Å². The highest BCUT2D eigenvalue weighted by atomic mass is 32.2. The van der Waals surface area contributed by atoms with Crippen molar-refractivity contribution in [3.63, 3.8) is 0 Å². The van der Waals surface area contributed by atoms with Crippen LogP contribution in [0.4, 0.5) is 0 Å². The minimum absolute atomic E-state index is 0.174. The Bertz CT molecular complexity index is 886. The number of hydrogen-bond acceptors (Lipinski definition) is 4. The fraction of sp³-hybridized carbons (Fsp3) is 0.455. The molecule has 1 heterocycles. The third kappa shape index (κ3) is 5.13. The topological polar surface area (TPSA) is 58.6 Å². The van der Waals surface area contributed by atoms with E-state index in [1.165, 1.54) is 31.5 Å². The van der Waals surface area contributed by atoms with Crippen LogP contribution in [-0.2, 0) is 23.1 Å². The number of likely N-dealkylation sites (tertiary alicyclic amines) is 1. The van der Waals surface area contributed by atoms with E-state index >= 15 is 0 Å². The highest BCUT2D eigenvalue weighted by Gasteiger charge is 2.18. The van der Waals surface area contributed by atoms with Gasteiger partial charge in [0.05, 0.1) is 12.0 Å². The summed E-state index contributed by atoms with van der Waals surface area (Å²) in [6.07, 6.45) is 2.56. The third-order valence-electron chi connectivity index (χ3n) is 5.23. The van der Waals surface area contributed by atoms with Crippen LogP contribution in [0.2, 0.25) is 0 Å². The maximum Gasteiger partial charge on any atom is 0.240 e. The Labute approximate surface area is 168 Å². The number of rotatable bonds is 8. The summed E-state index contributed by atoms with van der Waals surface area (Å²) >= 11 is 0. The zero-order valence-corrected chi connectivity index (χ0v) is 17.8. The van der Waals surface area contributed by atoms with E-state index < -0.39 is 10.0 Å². The molecule has 1 saturated heterocycles. The largest absolute Gasteiger partial charge is 0.496 e. The van der Waals surface area contributed by atoms with E-state index in [2.05, 4.69) is 21.8 Å². The van der Waals surface area contributed by atoms with E-state index in [0.29, 0.717) is 5.75 Å². The van der Waals surface area contributed by atoms with Crippen LogP contribution in [0.3, 0.4) is 0 Å². The lowest BCUT2D eigenvalue weighted by Crippen LogP contribution is -2.23. The average molecular weight is 403 g/mol. The van der Waals surface area contributed by atoms with E-state index in [4.69, 9.17) is 4.74 Å². The number of nitrogens with one attached hydrogen (secondary N) is 1. The average Bonchev–Trinajstić information content (AvgIpc) is 3.20. The predicted octanol–water partition coefficient (Wildman–Crippen LogP) is 3.89. The monoisotopic (exact) mass is 402 g/mol. The molecule has 0 saturated carbocycles. The molecule has 0 aliphatic carbocycles. The molecular weight excluding hydrogens is 372 g/mol. The van der Waals surface area contributed by atoms with Crippen LogP contribution in [0.25, 0.3) is 0 Å². The Hall–Kier alpha value is -1.89. The van der Waals surface area contributed by atoms with Crippen molar-refractivity contribution < 1.29 is 13.2 Å². The van der Waals surface area contributed by atoms with Crippen molar-refractivity contribution in [2.45, 2.75) is 50.6 Å². The highest BCUT2D eigenvalue weighted by Crippen LogP contribution is 2.28. The van der Waals surface area contributed by atoms with E-state index in [9.17, 15) is 8.42 Å². The molecule has 0 spiro atoms. The van der Waals surface area contributed by atoms with Gasteiger partial charge in [0.1, 0.15) is 5.75 Å². The van der Waals surface area contributed by atoms with Crippen molar-refractivity contribution in [2.75, 3.05) is 20.2 Å². The Morgan fingerprint density at radius 2 is 1.68 bits per heavy atom. The van der Waals surface area contributed by atoms with E-state index in [-0.39, 0.29) is 17.4 Å². The molecular formula is C22H30N2O3S. The summed E-state index contributed by atoms with van der Waals surface area (Å²) in [5, 5.41) is 0. The summed E-state index contributed by atoms with van der Waals surface area (Å²) in [4.78, 5) is 2.72. The first-order valence-corrected chi connectivity index (χ1v) is 11.3. The van der Waals surface area contributed by atoms with Crippen molar-refractivity contribution >= 4 is 10.0 Å². The predicted molar refractivity (Wildman–Crippen MR) is 112 cm³/mol. The van der Waals surface area contributed by atoms with Gasteiger partial charge in [-0.2, -0.15) is 0 Å². The Kier molecular flexibility index (Phi) is 6.75. The number of nitrogens with zero attached hydrogens (tertiary/aromatic N) is 1. The fourth-order valence-corrected chi connectivity index (χ4v) is 4.61. The Morgan fingerprint density at radius 3 is 2.29 bits per heavy atom. The third-order valence-corrected chi connectivity index (χ3v) is 6.63. The summed E-state index contributed by atoms with van der Waals surface area (Å²) < 4.78 is 33.5. The second-order valence-corrected chi connectivity index (χ2v) is 9.45. The first kappa shape index (κ1) is 20.8. The molecule has 0 unspecified atom stereocenters. The van der Waals surface area contributed by atoms with Crippen molar-refractivity contribution in [3.8, 4) is 5.75 Å². The number of benzene rings is 2. The quantitative estimate of drug-likeness (QED) is 0.728. The van der Waals surface area contributed by atoms with Crippen LogP contribution in [0.15, 0.2) is 47.4 Å². The summed E-state index contributed by atoms with van der Waals surface area (Å²) in [6.45, 7) is 7.62. The second kappa shape index (κ2) is 9.07. The van der Waals surface area contributed by atoms with Crippen LogP contribution in [0.5, 0.6) is 5.75 Å². The molecule has 3 rings (SSSR count). The molecule has 1 aliphatic heterocycles. The van der Waals surface area contributed by atoms with Crippen molar-refractivity contribution in [2.24, 2.45) is 0 Å². The zero-order valence-electron chi connectivity index (χ0n) is 16.9. The van der Waals surface area contributed by atoms with Gasteiger partial charge in [-0.1, -0.05) is 38.1 Å². The van der Waals surface area contributed by atoms with Gasteiger partial charge in [0.25, 0.3) is 0 Å². The van der Waals surface area contributed by atoms with Gasteiger partial charge in [-0.05, 0) is 66.7 Å². The molecule has 1 N–H and O–H groups in total. The first-order valence-electron chi connectivity index (χ1n) is 9.87. The van der Waals surface area contributed by atoms with Gasteiger partial charge in [0.2, 0.25) is 10.0 Å². The first-order chi connectivity index (χ1) is 13.4. The molecule has 1 aliphatic rings. The van der Waals surface area contributed by atoms with Crippen LogP contribution < -0.4 is 9.46 Å². The number of methoxy groups -OCH3 is 1. The summed E-state index contributed by atoms with van der Waals surface area (Å²) in [5.74, 6) is 0.885. The lowest BCUT2D eigenvalue weighted by Gasteiger charge is -2.15. The van der Waals surface area contributed by atoms with Gasteiger partial charge in [-0.15, -0.1) is 0 Å². The number of hydrogen-bond donors (Lipinski definition) is 1. The molecule has 2 aromatic rings. The standard InChI is InChI=1S/C22H30N2O3S/c1-17(2)21-14-20(10-11-22(21)27-3)28(25,26)23-15-18-6-8-19(9-7-18)16-24-12-4-5-13-24/h6-11,14,17,23H,4-5,12-13,15-16H2,1-3H3. The fourth-order valence-electron chi connectivity index (χ4n) is 3.55. The molecule has 1 fully saturated rings. The molecule has 0 aromatic heterocycles. The summed E-state index contributed by atoms with van der Waals surface area (Å²) in [6, 6.07) is 13.2. The normalized spacial score (nSPS) is 15.3. The van der Waals surface area contributed by atoms with Gasteiger partial charge in [-0.3, -0.25) is 4.90 Å². The van der Waals surface area contributed by atoms with Gasteiger partial charge in [0.15, 0.2) is 0 Å². The molecule has 0 radical (unpaired) electrons. The minimum atomic E-state index is -3.58. The minimum Gasteiger partial charge on any atom is -0.496 e. The van der Waals surface area contributed by atoms with Gasteiger partial charge in [-0.25, -0.2) is 13.1 Å². The van der Waals surface area contributed by atoms with E-state index in [0.717, 1.165) is 17.7 Å². The van der Waals surface area contributed by atoms with Crippen LogP contribution in [0, 0.1) is 0 Å². The lowest BCUT2D eigenvalue weighted by atomic mass is 10.0. The molecule has 0 amide bonds. The molecule has 6 heteroatoms.